The van der Waals surface area contributed by atoms with Gasteiger partial charge in [-0.15, -0.1) is 0 Å². The van der Waals surface area contributed by atoms with Crippen molar-refractivity contribution in [3.05, 3.63) is 28.8 Å². The molecule has 2 rings (SSSR count). The van der Waals surface area contributed by atoms with E-state index < -0.39 is 0 Å². The maximum absolute atomic E-state index is 6.31. The number of nitrogens with one attached hydrogen (secondary N) is 1. The Kier molecular flexibility index (Phi) is 4.90. The number of halogens is 1. The first kappa shape index (κ1) is 13.7. The second kappa shape index (κ2) is 6.44. The first-order valence-corrected chi connectivity index (χ1v) is 7.25. The quantitative estimate of drug-likeness (QED) is 0.891. The molecule has 0 radical (unpaired) electrons. The van der Waals surface area contributed by atoms with Gasteiger partial charge < -0.3 is 10.1 Å². The van der Waals surface area contributed by atoms with Gasteiger partial charge in [-0.05, 0) is 56.0 Å². The summed E-state index contributed by atoms with van der Waals surface area (Å²) in [4.78, 5) is 0. The zero-order valence-electron chi connectivity index (χ0n) is 11.2. The van der Waals surface area contributed by atoms with Gasteiger partial charge in [0, 0.05) is 0 Å². The van der Waals surface area contributed by atoms with Crippen molar-refractivity contribution in [1.82, 2.24) is 5.32 Å². The van der Waals surface area contributed by atoms with E-state index in [0.717, 1.165) is 43.1 Å². The number of ether oxygens (including phenoxy) is 1. The summed E-state index contributed by atoms with van der Waals surface area (Å²) >= 11 is 6.31. The second-order valence-electron chi connectivity index (χ2n) is 5.07. The molecule has 0 aromatic heterocycles. The number of rotatable bonds is 4. The second-order valence-corrected chi connectivity index (χ2v) is 5.47. The minimum atomic E-state index is 0.304. The smallest absolute Gasteiger partial charge is 0.138 e. The molecule has 1 N–H and O–H groups in total. The summed E-state index contributed by atoms with van der Waals surface area (Å²) in [6, 6.07) is 6.20. The lowest BCUT2D eigenvalue weighted by Crippen LogP contribution is -2.34. The van der Waals surface area contributed by atoms with E-state index in [4.69, 9.17) is 16.3 Å². The van der Waals surface area contributed by atoms with Gasteiger partial charge in [-0.25, -0.2) is 0 Å². The molecule has 0 unspecified atom stereocenters. The zero-order valence-corrected chi connectivity index (χ0v) is 12.0. The van der Waals surface area contributed by atoms with Crippen LogP contribution in [-0.2, 0) is 0 Å². The standard InChI is InChI=1S/C15H22ClNO/c1-3-11(2)12-4-5-15(14(16)10-12)18-13-6-8-17-9-7-13/h4-5,10-11,13,17H,3,6-9H2,1-2H3/t11-/m0/s1. The highest BCUT2D eigenvalue weighted by molar-refractivity contribution is 6.32. The summed E-state index contributed by atoms with van der Waals surface area (Å²) < 4.78 is 5.98. The van der Waals surface area contributed by atoms with Crippen molar-refractivity contribution in [1.29, 1.82) is 0 Å². The summed E-state index contributed by atoms with van der Waals surface area (Å²) in [5.74, 6) is 1.38. The Hall–Kier alpha value is -0.730. The van der Waals surface area contributed by atoms with Crippen molar-refractivity contribution in [3.8, 4) is 5.75 Å². The number of hydrogen-bond donors (Lipinski definition) is 1. The third-order valence-electron chi connectivity index (χ3n) is 3.72. The van der Waals surface area contributed by atoms with Crippen LogP contribution in [0.2, 0.25) is 5.02 Å². The van der Waals surface area contributed by atoms with Crippen LogP contribution < -0.4 is 10.1 Å². The van der Waals surface area contributed by atoms with Gasteiger partial charge in [0.2, 0.25) is 0 Å². The fraction of sp³-hybridized carbons (Fsp3) is 0.600. The lowest BCUT2D eigenvalue weighted by atomic mass is 9.99. The summed E-state index contributed by atoms with van der Waals surface area (Å²) in [6.45, 7) is 6.48. The lowest BCUT2D eigenvalue weighted by Gasteiger charge is -2.24. The number of piperidine rings is 1. The molecule has 1 aromatic carbocycles. The average Bonchev–Trinajstić information content (AvgIpc) is 2.41. The normalized spacial score (nSPS) is 18.6. The predicted octanol–water partition coefficient (Wildman–Crippen LogP) is 3.98. The Morgan fingerprint density at radius 1 is 1.39 bits per heavy atom. The van der Waals surface area contributed by atoms with E-state index in [-0.39, 0.29) is 0 Å². The van der Waals surface area contributed by atoms with Gasteiger partial charge in [-0.3, -0.25) is 0 Å². The Balaban J connectivity index is 2.04. The lowest BCUT2D eigenvalue weighted by molar-refractivity contribution is 0.162. The van der Waals surface area contributed by atoms with Crippen LogP contribution in [0.15, 0.2) is 18.2 Å². The molecular weight excluding hydrogens is 246 g/mol. The van der Waals surface area contributed by atoms with Crippen LogP contribution in [0.5, 0.6) is 5.75 Å². The summed E-state index contributed by atoms with van der Waals surface area (Å²) in [7, 11) is 0. The van der Waals surface area contributed by atoms with Crippen LogP contribution in [0.4, 0.5) is 0 Å². The van der Waals surface area contributed by atoms with E-state index in [1.807, 2.05) is 12.1 Å². The molecule has 0 saturated carbocycles. The fourth-order valence-electron chi connectivity index (χ4n) is 2.25. The Labute approximate surface area is 115 Å². The molecule has 1 heterocycles. The number of hydrogen-bond acceptors (Lipinski definition) is 2. The third kappa shape index (κ3) is 3.39. The van der Waals surface area contributed by atoms with Gasteiger partial charge >= 0.3 is 0 Å². The maximum atomic E-state index is 6.31. The molecule has 1 aliphatic heterocycles. The van der Waals surface area contributed by atoms with Crippen molar-refractivity contribution in [2.75, 3.05) is 13.1 Å². The molecule has 18 heavy (non-hydrogen) atoms. The van der Waals surface area contributed by atoms with Gasteiger partial charge in [-0.1, -0.05) is 31.5 Å². The SMILES string of the molecule is CC[C@H](C)c1ccc(OC2CCNCC2)c(Cl)c1. The molecule has 2 nitrogen and oxygen atoms in total. The van der Waals surface area contributed by atoms with Crippen molar-refractivity contribution < 1.29 is 4.74 Å². The minimum absolute atomic E-state index is 0.304. The molecule has 0 amide bonds. The molecule has 1 aliphatic rings. The Morgan fingerprint density at radius 3 is 2.72 bits per heavy atom. The first-order chi connectivity index (χ1) is 8.70. The van der Waals surface area contributed by atoms with Crippen molar-refractivity contribution in [3.63, 3.8) is 0 Å². The highest BCUT2D eigenvalue weighted by Gasteiger charge is 2.16. The van der Waals surface area contributed by atoms with Gasteiger partial charge in [0.25, 0.3) is 0 Å². The number of benzene rings is 1. The molecule has 1 aromatic rings. The van der Waals surface area contributed by atoms with E-state index in [1.165, 1.54) is 5.56 Å². The van der Waals surface area contributed by atoms with Crippen LogP contribution in [0.1, 0.15) is 44.6 Å². The van der Waals surface area contributed by atoms with Crippen LogP contribution in [0, 0.1) is 0 Å². The van der Waals surface area contributed by atoms with Crippen LogP contribution >= 0.6 is 11.6 Å². The Bertz CT molecular complexity index is 388. The third-order valence-corrected chi connectivity index (χ3v) is 4.01. The largest absolute Gasteiger partial charge is 0.489 e. The van der Waals surface area contributed by atoms with Gasteiger partial charge in [0.15, 0.2) is 0 Å². The summed E-state index contributed by atoms with van der Waals surface area (Å²) in [5, 5.41) is 4.08. The van der Waals surface area contributed by atoms with E-state index >= 15 is 0 Å². The van der Waals surface area contributed by atoms with E-state index in [1.54, 1.807) is 0 Å². The van der Waals surface area contributed by atoms with Crippen molar-refractivity contribution in [2.45, 2.75) is 45.1 Å². The minimum Gasteiger partial charge on any atom is -0.489 e. The first-order valence-electron chi connectivity index (χ1n) is 6.87. The molecule has 0 spiro atoms. The molecule has 1 saturated heterocycles. The molecule has 1 atom stereocenters. The maximum Gasteiger partial charge on any atom is 0.138 e. The monoisotopic (exact) mass is 267 g/mol. The average molecular weight is 268 g/mol. The van der Waals surface area contributed by atoms with Crippen LogP contribution in [0.3, 0.4) is 0 Å². The molecule has 0 bridgehead atoms. The van der Waals surface area contributed by atoms with E-state index in [9.17, 15) is 0 Å². The predicted molar refractivity (Wildman–Crippen MR) is 76.7 cm³/mol. The summed E-state index contributed by atoms with van der Waals surface area (Å²) in [5.41, 5.74) is 1.29. The van der Waals surface area contributed by atoms with Crippen molar-refractivity contribution in [2.24, 2.45) is 0 Å². The highest BCUT2D eigenvalue weighted by Crippen LogP contribution is 2.31. The molecular formula is C15H22ClNO. The Morgan fingerprint density at radius 2 is 2.11 bits per heavy atom. The van der Waals surface area contributed by atoms with Gasteiger partial charge in [0.1, 0.15) is 11.9 Å². The summed E-state index contributed by atoms with van der Waals surface area (Å²) in [6.07, 6.45) is 3.55. The van der Waals surface area contributed by atoms with Crippen LogP contribution in [-0.4, -0.2) is 19.2 Å². The van der Waals surface area contributed by atoms with Gasteiger partial charge in [0.05, 0.1) is 5.02 Å². The van der Waals surface area contributed by atoms with Crippen LogP contribution in [0.25, 0.3) is 0 Å². The zero-order chi connectivity index (χ0) is 13.0. The van der Waals surface area contributed by atoms with Crippen molar-refractivity contribution >= 4 is 11.6 Å². The van der Waals surface area contributed by atoms with E-state index in [0.29, 0.717) is 12.0 Å². The topological polar surface area (TPSA) is 21.3 Å². The molecule has 3 heteroatoms. The molecule has 1 fully saturated rings. The van der Waals surface area contributed by atoms with E-state index in [2.05, 4.69) is 25.2 Å². The fourth-order valence-corrected chi connectivity index (χ4v) is 2.48. The molecule has 100 valence electrons. The molecule has 0 aliphatic carbocycles. The van der Waals surface area contributed by atoms with Gasteiger partial charge in [-0.2, -0.15) is 0 Å². The highest BCUT2D eigenvalue weighted by atomic mass is 35.5.